The minimum absolute atomic E-state index is 0.311. The van der Waals surface area contributed by atoms with E-state index in [9.17, 15) is 4.39 Å². The van der Waals surface area contributed by atoms with E-state index in [1.54, 1.807) is 6.07 Å². The number of hydrogen-bond acceptors (Lipinski definition) is 6. The van der Waals surface area contributed by atoms with E-state index in [4.69, 9.17) is 0 Å². The lowest BCUT2D eigenvalue weighted by atomic mass is 10.1. The molecule has 0 unspecified atom stereocenters. The molecule has 2 aromatic carbocycles. The SMILES string of the molecule is Fc1ccc2ncnc(Sc3nnc(CN4CCCCC4)n3-c3ccccc3)c2c1. The van der Waals surface area contributed by atoms with Crippen molar-refractivity contribution in [2.24, 2.45) is 0 Å². The predicted molar refractivity (Wildman–Crippen MR) is 114 cm³/mol. The van der Waals surface area contributed by atoms with Crippen LogP contribution in [0.3, 0.4) is 0 Å². The summed E-state index contributed by atoms with van der Waals surface area (Å²) in [6.45, 7) is 2.92. The van der Waals surface area contributed by atoms with Crippen LogP contribution in [-0.2, 0) is 6.54 Å². The van der Waals surface area contributed by atoms with Gasteiger partial charge in [0.1, 0.15) is 17.2 Å². The molecule has 0 aliphatic carbocycles. The largest absolute Gasteiger partial charge is 0.296 e. The fourth-order valence-corrected chi connectivity index (χ4v) is 4.73. The highest BCUT2D eigenvalue weighted by Gasteiger charge is 2.20. The molecule has 0 bridgehead atoms. The summed E-state index contributed by atoms with van der Waals surface area (Å²) >= 11 is 1.38. The molecule has 1 saturated heterocycles. The maximum absolute atomic E-state index is 13.9. The van der Waals surface area contributed by atoms with Gasteiger partial charge in [-0.3, -0.25) is 9.47 Å². The number of likely N-dealkylation sites (tertiary alicyclic amines) is 1. The normalized spacial score (nSPS) is 15.0. The van der Waals surface area contributed by atoms with E-state index < -0.39 is 0 Å². The summed E-state index contributed by atoms with van der Waals surface area (Å²) in [5, 5.41) is 11.0. The van der Waals surface area contributed by atoms with Gasteiger partial charge in [-0.25, -0.2) is 14.4 Å². The van der Waals surface area contributed by atoms with Crippen LogP contribution in [0.15, 0.2) is 65.0 Å². The summed E-state index contributed by atoms with van der Waals surface area (Å²) in [7, 11) is 0. The molecule has 6 nitrogen and oxygen atoms in total. The van der Waals surface area contributed by atoms with E-state index in [0.29, 0.717) is 21.1 Å². The topological polar surface area (TPSA) is 59.7 Å². The molecule has 1 aliphatic rings. The van der Waals surface area contributed by atoms with Crippen LogP contribution in [-0.4, -0.2) is 42.7 Å². The second-order valence-electron chi connectivity index (χ2n) is 7.35. The van der Waals surface area contributed by atoms with Gasteiger partial charge in [0.25, 0.3) is 0 Å². The van der Waals surface area contributed by atoms with Gasteiger partial charge in [-0.1, -0.05) is 24.6 Å². The molecule has 152 valence electrons. The molecular weight excluding hydrogens is 399 g/mol. The van der Waals surface area contributed by atoms with Crippen LogP contribution in [0.1, 0.15) is 25.1 Å². The Morgan fingerprint density at radius 1 is 0.933 bits per heavy atom. The molecule has 3 heterocycles. The molecule has 8 heteroatoms. The summed E-state index contributed by atoms with van der Waals surface area (Å²) in [5.74, 6) is 0.588. The van der Waals surface area contributed by atoms with E-state index >= 15 is 0 Å². The molecule has 0 spiro atoms. The lowest BCUT2D eigenvalue weighted by Gasteiger charge is -2.26. The van der Waals surface area contributed by atoms with Gasteiger partial charge in [0.05, 0.1) is 12.1 Å². The molecule has 0 atom stereocenters. The van der Waals surface area contributed by atoms with Crippen molar-refractivity contribution in [3.63, 3.8) is 0 Å². The van der Waals surface area contributed by atoms with Gasteiger partial charge in [-0.15, -0.1) is 10.2 Å². The van der Waals surface area contributed by atoms with Gasteiger partial charge in [0.15, 0.2) is 5.82 Å². The fraction of sp³-hybridized carbons (Fsp3) is 0.273. The zero-order valence-electron chi connectivity index (χ0n) is 16.4. The zero-order chi connectivity index (χ0) is 20.3. The molecule has 0 amide bonds. The zero-order valence-corrected chi connectivity index (χ0v) is 17.2. The molecule has 0 radical (unpaired) electrons. The van der Waals surface area contributed by atoms with Crippen molar-refractivity contribution in [1.82, 2.24) is 29.6 Å². The number of hydrogen-bond donors (Lipinski definition) is 0. The van der Waals surface area contributed by atoms with Crippen LogP contribution in [0.4, 0.5) is 4.39 Å². The Morgan fingerprint density at radius 3 is 2.60 bits per heavy atom. The number of nitrogens with zero attached hydrogens (tertiary/aromatic N) is 6. The molecule has 30 heavy (non-hydrogen) atoms. The number of aromatic nitrogens is 5. The number of fused-ring (bicyclic) bond motifs is 1. The van der Waals surface area contributed by atoms with E-state index in [-0.39, 0.29) is 5.82 Å². The Balaban J connectivity index is 1.54. The summed E-state index contributed by atoms with van der Waals surface area (Å²) in [6.07, 6.45) is 5.24. The van der Waals surface area contributed by atoms with Crippen molar-refractivity contribution in [2.75, 3.05) is 13.1 Å². The lowest BCUT2D eigenvalue weighted by molar-refractivity contribution is 0.214. The first kappa shape index (κ1) is 19.1. The Hall–Kier alpha value is -2.84. The minimum atomic E-state index is -0.311. The third kappa shape index (κ3) is 3.93. The van der Waals surface area contributed by atoms with Crippen molar-refractivity contribution >= 4 is 22.7 Å². The Bertz CT molecular complexity index is 1160. The fourth-order valence-electron chi connectivity index (χ4n) is 3.80. The van der Waals surface area contributed by atoms with Crippen molar-refractivity contribution in [1.29, 1.82) is 0 Å². The average Bonchev–Trinajstić information content (AvgIpc) is 3.17. The number of para-hydroxylation sites is 1. The first-order chi connectivity index (χ1) is 14.8. The maximum atomic E-state index is 13.9. The van der Waals surface area contributed by atoms with E-state index in [1.165, 1.54) is 49.5 Å². The van der Waals surface area contributed by atoms with Crippen molar-refractivity contribution in [2.45, 2.75) is 36.0 Å². The van der Waals surface area contributed by atoms with Crippen LogP contribution in [0.2, 0.25) is 0 Å². The first-order valence-corrected chi connectivity index (χ1v) is 10.9. The summed E-state index contributed by atoms with van der Waals surface area (Å²) in [5.41, 5.74) is 1.70. The standard InChI is InChI=1S/C22H21FN6S/c23-16-9-10-19-18(13-16)21(25-15-24-19)30-22-27-26-20(14-28-11-5-2-6-12-28)29(22)17-7-3-1-4-8-17/h1,3-4,7-10,13,15H,2,5-6,11-12,14H2. The van der Waals surface area contributed by atoms with Gasteiger partial charge in [0.2, 0.25) is 5.16 Å². The third-order valence-electron chi connectivity index (χ3n) is 5.28. The van der Waals surface area contributed by atoms with Gasteiger partial charge in [-0.2, -0.15) is 0 Å². The van der Waals surface area contributed by atoms with Crippen LogP contribution in [0, 0.1) is 5.82 Å². The Kier molecular flexibility index (Phi) is 5.42. The lowest BCUT2D eigenvalue weighted by Crippen LogP contribution is -2.30. The van der Waals surface area contributed by atoms with Crippen LogP contribution in [0.5, 0.6) is 0 Å². The van der Waals surface area contributed by atoms with Crippen molar-refractivity contribution < 1.29 is 4.39 Å². The highest BCUT2D eigenvalue weighted by atomic mass is 32.2. The molecule has 5 rings (SSSR count). The second-order valence-corrected chi connectivity index (χ2v) is 8.30. The van der Waals surface area contributed by atoms with Crippen molar-refractivity contribution in [3.05, 3.63) is 66.5 Å². The molecular formula is C22H21FN6S. The summed E-state index contributed by atoms with van der Waals surface area (Å²) in [4.78, 5) is 11.1. The number of halogens is 1. The van der Waals surface area contributed by atoms with Crippen LogP contribution >= 0.6 is 11.8 Å². The third-order valence-corrected chi connectivity index (χ3v) is 6.24. The van der Waals surface area contributed by atoms with E-state index in [0.717, 1.165) is 31.1 Å². The Labute approximate surface area is 178 Å². The highest BCUT2D eigenvalue weighted by molar-refractivity contribution is 7.99. The molecule has 1 fully saturated rings. The van der Waals surface area contributed by atoms with Crippen LogP contribution in [0.25, 0.3) is 16.6 Å². The number of benzene rings is 2. The summed E-state index contributed by atoms with van der Waals surface area (Å²) in [6, 6.07) is 14.6. The van der Waals surface area contributed by atoms with Crippen LogP contribution < -0.4 is 0 Å². The molecule has 4 aromatic rings. The quantitative estimate of drug-likeness (QED) is 0.444. The summed E-state index contributed by atoms with van der Waals surface area (Å²) < 4.78 is 15.9. The molecule has 1 aliphatic heterocycles. The van der Waals surface area contributed by atoms with Gasteiger partial charge in [0, 0.05) is 11.1 Å². The number of piperidine rings is 1. The number of rotatable bonds is 5. The molecule has 2 aromatic heterocycles. The van der Waals surface area contributed by atoms with E-state index in [2.05, 4.69) is 29.6 Å². The average molecular weight is 421 g/mol. The maximum Gasteiger partial charge on any atom is 0.202 e. The van der Waals surface area contributed by atoms with Crippen molar-refractivity contribution in [3.8, 4) is 5.69 Å². The smallest absolute Gasteiger partial charge is 0.202 e. The van der Waals surface area contributed by atoms with E-state index in [1.807, 2.05) is 30.3 Å². The predicted octanol–water partition coefficient (Wildman–Crippen LogP) is 4.49. The van der Waals surface area contributed by atoms with Gasteiger partial charge < -0.3 is 0 Å². The van der Waals surface area contributed by atoms with Gasteiger partial charge in [-0.05, 0) is 68.0 Å². The van der Waals surface area contributed by atoms with Gasteiger partial charge >= 0.3 is 0 Å². The first-order valence-electron chi connectivity index (χ1n) is 10.1. The monoisotopic (exact) mass is 420 g/mol. The second kappa shape index (κ2) is 8.49. The molecule has 0 N–H and O–H groups in total. The minimum Gasteiger partial charge on any atom is -0.296 e. The Morgan fingerprint density at radius 2 is 1.77 bits per heavy atom. The highest BCUT2D eigenvalue weighted by Crippen LogP contribution is 2.32. The molecule has 0 saturated carbocycles.